The third-order valence-corrected chi connectivity index (χ3v) is 8.91. The fourth-order valence-corrected chi connectivity index (χ4v) is 6.45. The van der Waals surface area contributed by atoms with Gasteiger partial charge in [-0.25, -0.2) is 46.3 Å². The maximum atomic E-state index is 15.0. The van der Waals surface area contributed by atoms with Gasteiger partial charge in [0.15, 0.2) is 23.1 Å². The number of amides is 1. The topological polar surface area (TPSA) is 166 Å². The number of hydrazone groups is 1. The molecule has 1 aromatic carbocycles. The Bertz CT molecular complexity index is 1870. The molecule has 4 N–H and O–H groups in total. The Morgan fingerprint density at radius 1 is 1.13 bits per heavy atom. The average Bonchev–Trinajstić information content (AvgIpc) is 3.36. The number of nitrogens with one attached hydrogen (secondary N) is 2. The Morgan fingerprint density at radius 3 is 2.58 bits per heavy atom. The Hall–Kier alpha value is -4.66. The van der Waals surface area contributed by atoms with Crippen molar-refractivity contribution in [3.8, 4) is 11.4 Å². The van der Waals surface area contributed by atoms with Crippen LogP contribution in [0.2, 0.25) is 0 Å². The predicted octanol–water partition coefficient (Wildman–Crippen LogP) is 5.08. The first-order valence-electron chi connectivity index (χ1n) is 14.3. The van der Waals surface area contributed by atoms with Crippen molar-refractivity contribution in [2.24, 2.45) is 16.8 Å². The highest BCUT2D eigenvalue weighted by atomic mass is 32.2. The van der Waals surface area contributed by atoms with E-state index in [1.165, 1.54) is 18.3 Å². The number of hydrogen-bond acceptors (Lipinski definition) is 9. The summed E-state index contributed by atoms with van der Waals surface area (Å²) < 4.78 is 62.6. The molecule has 0 unspecified atom stereocenters. The molecule has 0 saturated heterocycles. The SMILES string of the molecule is Cc1ccc(S(=O)(=O)n2cc(-c3ncc(F)c(N[C@H]4CCC[C@@H](C(N)=NNC(=O)OC(C)(C)C)C4)n3)c3cc(F)cnc32)cc1. The number of nitrogens with zero attached hydrogens (tertiary/aromatic N) is 5. The third-order valence-electron chi connectivity index (χ3n) is 7.25. The second kappa shape index (κ2) is 12.4. The van der Waals surface area contributed by atoms with E-state index in [1.807, 2.05) is 6.92 Å². The predicted molar refractivity (Wildman–Crippen MR) is 165 cm³/mol. The summed E-state index contributed by atoms with van der Waals surface area (Å²) in [5.74, 6) is -1.54. The molecule has 45 heavy (non-hydrogen) atoms. The normalized spacial score (nSPS) is 17.7. The lowest BCUT2D eigenvalue weighted by Crippen LogP contribution is -2.37. The number of rotatable bonds is 7. The van der Waals surface area contributed by atoms with Crippen LogP contribution >= 0.6 is 0 Å². The maximum absolute atomic E-state index is 15.0. The van der Waals surface area contributed by atoms with E-state index in [1.54, 1.807) is 32.9 Å². The van der Waals surface area contributed by atoms with Crippen molar-refractivity contribution in [2.45, 2.75) is 69.9 Å². The van der Waals surface area contributed by atoms with Crippen LogP contribution in [0.3, 0.4) is 0 Å². The van der Waals surface area contributed by atoms with Gasteiger partial charge in [0, 0.05) is 29.1 Å². The van der Waals surface area contributed by atoms with Crippen LogP contribution in [0, 0.1) is 24.5 Å². The summed E-state index contributed by atoms with van der Waals surface area (Å²) in [5, 5.41) is 7.23. The maximum Gasteiger partial charge on any atom is 0.428 e. The fourth-order valence-electron chi connectivity index (χ4n) is 5.12. The molecule has 1 saturated carbocycles. The molecule has 3 heterocycles. The summed E-state index contributed by atoms with van der Waals surface area (Å²) in [6, 6.07) is 7.16. The highest BCUT2D eigenvalue weighted by Crippen LogP contribution is 2.33. The van der Waals surface area contributed by atoms with Crippen molar-refractivity contribution in [1.82, 2.24) is 24.4 Å². The minimum atomic E-state index is -4.13. The quantitative estimate of drug-likeness (QED) is 0.142. The van der Waals surface area contributed by atoms with Crippen molar-refractivity contribution in [2.75, 3.05) is 5.32 Å². The smallest absolute Gasteiger partial charge is 0.428 e. The van der Waals surface area contributed by atoms with E-state index in [0.717, 1.165) is 34.4 Å². The first-order chi connectivity index (χ1) is 21.2. The van der Waals surface area contributed by atoms with Gasteiger partial charge < -0.3 is 15.8 Å². The van der Waals surface area contributed by atoms with Gasteiger partial charge in [-0.2, -0.15) is 5.10 Å². The van der Waals surface area contributed by atoms with Crippen molar-refractivity contribution >= 4 is 38.8 Å². The van der Waals surface area contributed by atoms with Gasteiger partial charge in [-0.3, -0.25) is 0 Å². The number of aryl methyl sites for hydroxylation is 1. The van der Waals surface area contributed by atoms with Crippen LogP contribution < -0.4 is 16.5 Å². The lowest BCUT2D eigenvalue weighted by molar-refractivity contribution is 0.0528. The number of carbonyl (C=O) groups excluding carboxylic acids is 1. The number of pyridine rings is 1. The lowest BCUT2D eigenvalue weighted by atomic mass is 9.85. The van der Waals surface area contributed by atoms with Crippen LogP contribution in [0.4, 0.5) is 19.4 Å². The number of anilines is 1. The van der Waals surface area contributed by atoms with Gasteiger partial charge >= 0.3 is 6.09 Å². The highest BCUT2D eigenvalue weighted by molar-refractivity contribution is 7.90. The summed E-state index contributed by atoms with van der Waals surface area (Å²) >= 11 is 0. The molecule has 1 amide bonds. The van der Waals surface area contributed by atoms with Crippen molar-refractivity contribution < 1.29 is 26.7 Å². The molecule has 12 nitrogen and oxygen atoms in total. The molecular weight excluding hydrogens is 606 g/mol. The molecule has 238 valence electrons. The Labute approximate surface area is 259 Å². The number of aromatic nitrogens is 4. The summed E-state index contributed by atoms with van der Waals surface area (Å²) in [4.78, 5) is 24.5. The number of hydrogen-bond donors (Lipinski definition) is 3. The number of nitrogens with two attached hydrogens (primary N) is 1. The van der Waals surface area contributed by atoms with E-state index in [0.29, 0.717) is 19.3 Å². The lowest BCUT2D eigenvalue weighted by Gasteiger charge is -2.29. The number of ether oxygens (including phenoxy) is 1. The number of carbonyl (C=O) groups is 1. The van der Waals surface area contributed by atoms with Crippen LogP contribution in [0.1, 0.15) is 52.0 Å². The van der Waals surface area contributed by atoms with E-state index < -0.39 is 33.4 Å². The van der Waals surface area contributed by atoms with Gasteiger partial charge in [-0.05, 0) is 65.2 Å². The van der Waals surface area contributed by atoms with Gasteiger partial charge in [0.25, 0.3) is 10.0 Å². The molecule has 0 bridgehead atoms. The minimum absolute atomic E-state index is 0.0148. The zero-order chi connectivity index (χ0) is 32.5. The second-order valence-corrected chi connectivity index (χ2v) is 13.7. The summed E-state index contributed by atoms with van der Waals surface area (Å²) in [6.45, 7) is 7.03. The summed E-state index contributed by atoms with van der Waals surface area (Å²) in [5.41, 5.74) is 8.78. The van der Waals surface area contributed by atoms with E-state index in [2.05, 4.69) is 30.8 Å². The summed E-state index contributed by atoms with van der Waals surface area (Å²) in [7, 11) is -4.13. The Kier molecular flexibility index (Phi) is 8.74. The van der Waals surface area contributed by atoms with Gasteiger partial charge in [-0.1, -0.05) is 24.1 Å². The fraction of sp³-hybridized carbons (Fsp3) is 0.367. The first kappa shape index (κ1) is 31.8. The first-order valence-corrected chi connectivity index (χ1v) is 15.8. The number of benzene rings is 1. The Morgan fingerprint density at radius 2 is 1.87 bits per heavy atom. The molecular formula is C30H34F2N8O4S. The van der Waals surface area contributed by atoms with Gasteiger partial charge in [0.05, 0.1) is 17.3 Å². The van der Waals surface area contributed by atoms with Gasteiger partial charge in [0.2, 0.25) is 0 Å². The molecule has 0 aliphatic heterocycles. The number of amidine groups is 1. The van der Waals surface area contributed by atoms with Gasteiger partial charge in [0.1, 0.15) is 17.3 Å². The van der Waals surface area contributed by atoms with E-state index >= 15 is 0 Å². The van der Waals surface area contributed by atoms with Crippen LogP contribution in [0.5, 0.6) is 0 Å². The zero-order valence-electron chi connectivity index (χ0n) is 25.2. The van der Waals surface area contributed by atoms with E-state index in [9.17, 15) is 22.0 Å². The molecule has 3 aromatic heterocycles. The largest absolute Gasteiger partial charge is 0.443 e. The van der Waals surface area contributed by atoms with E-state index in [-0.39, 0.29) is 50.9 Å². The zero-order valence-corrected chi connectivity index (χ0v) is 26.0. The summed E-state index contributed by atoms with van der Waals surface area (Å²) in [6.07, 6.45) is 5.05. The van der Waals surface area contributed by atoms with Crippen LogP contribution in [0.15, 0.2) is 58.9 Å². The molecule has 1 aliphatic rings. The molecule has 0 radical (unpaired) electrons. The minimum Gasteiger partial charge on any atom is -0.443 e. The van der Waals surface area contributed by atoms with Crippen LogP contribution in [-0.4, -0.2) is 50.9 Å². The number of halogens is 2. The molecule has 1 fully saturated rings. The molecule has 2 atom stereocenters. The highest BCUT2D eigenvalue weighted by Gasteiger charge is 2.28. The van der Waals surface area contributed by atoms with Crippen LogP contribution in [-0.2, 0) is 14.8 Å². The van der Waals surface area contributed by atoms with Crippen molar-refractivity contribution in [3.05, 3.63) is 66.1 Å². The Balaban J connectivity index is 1.41. The standard InChI is InChI=1S/C30H34F2N8O4S/c1-17-8-10-21(11-9-17)45(42,43)40-16-23(22-13-19(31)14-35-28(22)40)26-34-15-24(32)27(37-26)36-20-7-5-6-18(12-20)25(33)38-39-29(41)44-30(2,3)4/h8-11,13-16,18,20H,5-7,12H2,1-4H3,(H2,33,38)(H,39,41)(H,34,36,37)/t18-,20+/m1/s1. The molecule has 5 rings (SSSR count). The van der Waals surface area contributed by atoms with E-state index in [4.69, 9.17) is 10.5 Å². The molecule has 1 aliphatic carbocycles. The van der Waals surface area contributed by atoms with Crippen LogP contribution in [0.25, 0.3) is 22.4 Å². The second-order valence-electron chi connectivity index (χ2n) is 11.9. The van der Waals surface area contributed by atoms with Crippen molar-refractivity contribution in [3.63, 3.8) is 0 Å². The average molecular weight is 641 g/mol. The third kappa shape index (κ3) is 7.19. The number of fused-ring (bicyclic) bond motifs is 1. The molecule has 15 heteroatoms. The van der Waals surface area contributed by atoms with Crippen molar-refractivity contribution in [1.29, 1.82) is 0 Å². The molecule has 0 spiro atoms. The monoisotopic (exact) mass is 640 g/mol. The van der Waals surface area contributed by atoms with Gasteiger partial charge in [-0.15, -0.1) is 0 Å². The molecule has 4 aromatic rings.